The van der Waals surface area contributed by atoms with Crippen LogP contribution >= 0.6 is 0 Å². The molecule has 26 heavy (non-hydrogen) atoms. The van der Waals surface area contributed by atoms with Gasteiger partial charge in [-0.3, -0.25) is 4.98 Å². The smallest absolute Gasteiger partial charge is 0.268 e. The third-order valence-electron chi connectivity index (χ3n) is 4.58. The van der Waals surface area contributed by atoms with Crippen LogP contribution in [0.25, 0.3) is 28.5 Å². The molecule has 6 nitrogen and oxygen atoms in total. The van der Waals surface area contributed by atoms with Crippen molar-refractivity contribution in [1.29, 1.82) is 0 Å². The zero-order valence-electron chi connectivity index (χ0n) is 15.2. The predicted octanol–water partition coefficient (Wildman–Crippen LogP) is 3.91. The Morgan fingerprint density at radius 1 is 1.15 bits per heavy atom. The summed E-state index contributed by atoms with van der Waals surface area (Å²) in [5.74, 6) is 1.57. The molecule has 2 aromatic heterocycles. The fourth-order valence-corrected chi connectivity index (χ4v) is 2.71. The van der Waals surface area contributed by atoms with Gasteiger partial charge >= 0.3 is 0 Å². The van der Waals surface area contributed by atoms with Crippen LogP contribution in [0.3, 0.4) is 0 Å². The number of rotatable bonds is 5. The number of aromatic nitrogens is 4. The van der Waals surface area contributed by atoms with Gasteiger partial charge in [-0.2, -0.15) is 0 Å². The second kappa shape index (κ2) is 6.37. The zero-order chi connectivity index (χ0) is 18.3. The maximum atomic E-state index is 5.80. The third-order valence-corrected chi connectivity index (χ3v) is 4.58. The lowest BCUT2D eigenvalue weighted by atomic mass is 10.1. The van der Waals surface area contributed by atoms with Crippen molar-refractivity contribution in [2.24, 2.45) is 0 Å². The maximum Gasteiger partial charge on any atom is 0.268 e. The number of hydrogen-bond acceptors (Lipinski definition) is 6. The molecule has 6 heteroatoms. The molecule has 4 rings (SSSR count). The van der Waals surface area contributed by atoms with Gasteiger partial charge in [-0.1, -0.05) is 30.8 Å². The van der Waals surface area contributed by atoms with Crippen LogP contribution in [0.2, 0.25) is 0 Å². The van der Waals surface area contributed by atoms with E-state index in [1.54, 1.807) is 6.20 Å². The molecule has 0 unspecified atom stereocenters. The summed E-state index contributed by atoms with van der Waals surface area (Å²) in [6, 6.07) is 8.13. The minimum atomic E-state index is 0.421. The Morgan fingerprint density at radius 3 is 2.54 bits per heavy atom. The second-order valence-corrected chi connectivity index (χ2v) is 6.83. The van der Waals surface area contributed by atoms with Gasteiger partial charge in [-0.05, 0) is 25.3 Å². The van der Waals surface area contributed by atoms with E-state index in [4.69, 9.17) is 9.40 Å². The molecule has 1 aromatic carbocycles. The molecular weight excluding hydrogens is 326 g/mol. The first kappa shape index (κ1) is 16.4. The number of nitrogens with zero attached hydrogens (tertiary/aromatic N) is 5. The van der Waals surface area contributed by atoms with Crippen LogP contribution in [-0.2, 0) is 0 Å². The molecule has 0 amide bonds. The molecule has 132 valence electrons. The normalized spacial score (nSPS) is 13.7. The molecular formula is C20H21N5O. The SMILES string of the molecule is C=C(c1ccc(-c2cnc(C)c(-c3nnc(C4CC4)o3)n2)cc1)N(C)C. The lowest BCUT2D eigenvalue weighted by molar-refractivity contribution is 0.506. The van der Waals surface area contributed by atoms with Crippen LogP contribution in [0.5, 0.6) is 0 Å². The van der Waals surface area contributed by atoms with Crippen molar-refractivity contribution in [2.75, 3.05) is 14.1 Å². The molecule has 0 bridgehead atoms. The summed E-state index contributed by atoms with van der Waals surface area (Å²) in [5.41, 5.74) is 5.21. The Hall–Kier alpha value is -3.02. The van der Waals surface area contributed by atoms with Crippen molar-refractivity contribution in [2.45, 2.75) is 25.7 Å². The largest absolute Gasteiger partial charge is 0.419 e. The fraction of sp³-hybridized carbons (Fsp3) is 0.300. The van der Waals surface area contributed by atoms with Gasteiger partial charge in [0.25, 0.3) is 5.89 Å². The number of benzene rings is 1. The quantitative estimate of drug-likeness (QED) is 0.697. The van der Waals surface area contributed by atoms with Crippen molar-refractivity contribution in [3.8, 4) is 22.8 Å². The van der Waals surface area contributed by atoms with E-state index >= 15 is 0 Å². The predicted molar refractivity (Wildman–Crippen MR) is 100 cm³/mol. The molecule has 1 aliphatic carbocycles. The van der Waals surface area contributed by atoms with Crippen LogP contribution in [0.1, 0.15) is 35.9 Å². The van der Waals surface area contributed by atoms with Gasteiger partial charge in [-0.25, -0.2) is 4.98 Å². The Bertz CT molecular complexity index is 955. The van der Waals surface area contributed by atoms with Crippen LogP contribution in [0.15, 0.2) is 41.5 Å². The minimum absolute atomic E-state index is 0.421. The van der Waals surface area contributed by atoms with Crippen LogP contribution in [0.4, 0.5) is 0 Å². The molecule has 2 heterocycles. The Balaban J connectivity index is 1.65. The highest BCUT2D eigenvalue weighted by atomic mass is 16.4. The molecule has 1 fully saturated rings. The lowest BCUT2D eigenvalue weighted by Gasteiger charge is -2.16. The monoisotopic (exact) mass is 347 g/mol. The molecule has 1 saturated carbocycles. The third kappa shape index (κ3) is 3.10. The number of hydrogen-bond donors (Lipinski definition) is 0. The summed E-state index contributed by atoms with van der Waals surface area (Å²) in [6.45, 7) is 5.98. The summed E-state index contributed by atoms with van der Waals surface area (Å²) in [6.07, 6.45) is 4.01. The summed E-state index contributed by atoms with van der Waals surface area (Å²) < 4.78 is 5.80. The first-order chi connectivity index (χ1) is 12.5. The van der Waals surface area contributed by atoms with Gasteiger partial charge in [0.1, 0.15) is 5.69 Å². The van der Waals surface area contributed by atoms with Gasteiger partial charge in [-0.15, -0.1) is 10.2 Å². The van der Waals surface area contributed by atoms with Crippen LogP contribution in [0, 0.1) is 6.92 Å². The van der Waals surface area contributed by atoms with Crippen LogP contribution in [-0.4, -0.2) is 39.2 Å². The van der Waals surface area contributed by atoms with E-state index in [1.165, 1.54) is 0 Å². The number of aryl methyl sites for hydroxylation is 1. The van der Waals surface area contributed by atoms with Crippen molar-refractivity contribution in [1.82, 2.24) is 25.1 Å². The Labute approximate surface area is 152 Å². The van der Waals surface area contributed by atoms with Gasteiger partial charge < -0.3 is 9.32 Å². The van der Waals surface area contributed by atoms with E-state index in [9.17, 15) is 0 Å². The maximum absolute atomic E-state index is 5.80. The summed E-state index contributed by atoms with van der Waals surface area (Å²) in [7, 11) is 3.96. The van der Waals surface area contributed by atoms with Gasteiger partial charge in [0.05, 0.1) is 17.6 Å². The topological polar surface area (TPSA) is 67.9 Å². The average Bonchev–Trinajstić information content (AvgIpc) is 3.39. The van der Waals surface area contributed by atoms with E-state index in [0.29, 0.717) is 23.4 Å². The molecule has 0 atom stereocenters. The van der Waals surface area contributed by atoms with Gasteiger partial charge in [0.15, 0.2) is 0 Å². The van der Waals surface area contributed by atoms with E-state index in [-0.39, 0.29) is 0 Å². The van der Waals surface area contributed by atoms with Crippen molar-refractivity contribution >= 4 is 5.70 Å². The first-order valence-electron chi connectivity index (χ1n) is 8.67. The van der Waals surface area contributed by atoms with E-state index in [1.807, 2.05) is 50.2 Å². The highest BCUT2D eigenvalue weighted by Gasteiger charge is 2.30. The standard InChI is InChI=1S/C20H21N5O/c1-12-18(20-24-23-19(26-20)16-9-10-16)22-17(11-21-12)15-7-5-14(6-8-15)13(2)25(3)4/h5-8,11,16H,2,9-10H2,1,3-4H3. The van der Waals surface area contributed by atoms with Crippen molar-refractivity contribution in [3.63, 3.8) is 0 Å². The Kier molecular flexibility index (Phi) is 4.03. The van der Waals surface area contributed by atoms with E-state index in [2.05, 4.69) is 21.8 Å². The van der Waals surface area contributed by atoms with Crippen LogP contribution < -0.4 is 0 Å². The molecule has 3 aromatic rings. The molecule has 0 saturated heterocycles. The Morgan fingerprint density at radius 2 is 1.88 bits per heavy atom. The van der Waals surface area contributed by atoms with Gasteiger partial charge in [0.2, 0.25) is 5.89 Å². The highest BCUT2D eigenvalue weighted by molar-refractivity contribution is 5.67. The van der Waals surface area contributed by atoms with Crippen molar-refractivity contribution in [3.05, 3.63) is 54.2 Å². The summed E-state index contributed by atoms with van der Waals surface area (Å²) >= 11 is 0. The fourth-order valence-electron chi connectivity index (χ4n) is 2.71. The second-order valence-electron chi connectivity index (χ2n) is 6.83. The molecule has 0 radical (unpaired) electrons. The zero-order valence-corrected chi connectivity index (χ0v) is 15.2. The summed E-state index contributed by atoms with van der Waals surface area (Å²) in [4.78, 5) is 11.2. The first-order valence-corrected chi connectivity index (χ1v) is 8.67. The van der Waals surface area contributed by atoms with Crippen molar-refractivity contribution < 1.29 is 4.42 Å². The van der Waals surface area contributed by atoms with Gasteiger partial charge in [0, 0.05) is 31.3 Å². The van der Waals surface area contributed by atoms with E-state index < -0.39 is 0 Å². The summed E-state index contributed by atoms with van der Waals surface area (Å²) in [5, 5.41) is 8.31. The highest BCUT2D eigenvalue weighted by Crippen LogP contribution is 2.40. The molecule has 0 N–H and O–H groups in total. The molecule has 1 aliphatic rings. The average molecular weight is 347 g/mol. The van der Waals surface area contributed by atoms with E-state index in [0.717, 1.165) is 41.1 Å². The lowest BCUT2D eigenvalue weighted by Crippen LogP contribution is -2.08. The molecule has 0 spiro atoms. The molecule has 0 aliphatic heterocycles. The minimum Gasteiger partial charge on any atom is -0.419 e.